The van der Waals surface area contributed by atoms with Gasteiger partial charge in [-0.05, 0) is 19.3 Å². The Morgan fingerprint density at radius 2 is 1.38 bits per heavy atom. The van der Waals surface area contributed by atoms with Crippen molar-refractivity contribution in [2.45, 2.75) is 64.6 Å². The molecule has 132 valence electrons. The maximum absolute atomic E-state index is 10.7. The number of carbonyl (C=O) groups is 2. The van der Waals surface area contributed by atoms with Gasteiger partial charge in [0, 0.05) is 12.2 Å². The Morgan fingerprint density at radius 3 is 1.71 bits per heavy atom. The van der Waals surface area contributed by atoms with Gasteiger partial charge < -0.3 is 9.47 Å². The molecule has 0 bridgehead atoms. The molecular formula is C18H26N2O4. The number of nitriles is 2. The van der Waals surface area contributed by atoms with Gasteiger partial charge >= 0.3 is 11.9 Å². The van der Waals surface area contributed by atoms with Crippen molar-refractivity contribution in [1.29, 1.82) is 10.5 Å². The Morgan fingerprint density at radius 1 is 0.917 bits per heavy atom. The van der Waals surface area contributed by atoms with Crippen LogP contribution in [0.3, 0.4) is 0 Å². The quantitative estimate of drug-likeness (QED) is 0.344. The highest BCUT2D eigenvalue weighted by molar-refractivity contribution is 5.81. The number of rotatable bonds is 10. The lowest BCUT2D eigenvalue weighted by Crippen LogP contribution is -2.14. The van der Waals surface area contributed by atoms with Gasteiger partial charge in [-0.2, -0.15) is 10.5 Å². The average molecular weight is 334 g/mol. The fraction of sp³-hybridized carbons (Fsp3) is 0.556. The zero-order chi connectivity index (χ0) is 18.8. The molecule has 0 rings (SSSR count). The highest BCUT2D eigenvalue weighted by Crippen LogP contribution is 2.06. The lowest BCUT2D eigenvalue weighted by molar-refractivity contribution is -0.141. The molecule has 0 spiro atoms. The minimum absolute atomic E-state index is 0.525. The van der Waals surface area contributed by atoms with Crippen LogP contribution in [0.5, 0.6) is 0 Å². The maximum Gasteiger partial charge on any atom is 0.331 e. The third-order valence-electron chi connectivity index (χ3n) is 2.76. The number of hydrogen-bond donors (Lipinski definition) is 0. The third kappa shape index (κ3) is 14.3. The molecule has 0 amide bonds. The van der Waals surface area contributed by atoms with Crippen LogP contribution in [0.1, 0.15) is 52.4 Å². The normalized spacial score (nSPS) is 11.3. The number of nitrogens with zero attached hydrogens (tertiary/aromatic N) is 2. The van der Waals surface area contributed by atoms with Crippen LogP contribution in [0, 0.1) is 22.7 Å². The van der Waals surface area contributed by atoms with Crippen LogP contribution in [0.4, 0.5) is 0 Å². The number of esters is 2. The summed E-state index contributed by atoms with van der Waals surface area (Å²) >= 11 is 0. The maximum atomic E-state index is 10.7. The summed E-state index contributed by atoms with van der Waals surface area (Å²) in [6, 6.07) is 3.81. The largest absolute Gasteiger partial charge is 0.444 e. The zero-order valence-corrected chi connectivity index (χ0v) is 14.5. The van der Waals surface area contributed by atoms with Crippen molar-refractivity contribution in [2.24, 2.45) is 0 Å². The predicted molar refractivity (Wildman–Crippen MR) is 90.4 cm³/mol. The molecule has 6 nitrogen and oxygen atoms in total. The van der Waals surface area contributed by atoms with E-state index in [0.717, 1.165) is 37.8 Å². The Kier molecular flexibility index (Phi) is 16.5. The fourth-order valence-electron chi connectivity index (χ4n) is 1.52. The number of carbonyl (C=O) groups excluding carboxylic acids is 2. The molecule has 0 fully saturated rings. The van der Waals surface area contributed by atoms with Crippen molar-refractivity contribution in [2.75, 3.05) is 0 Å². The summed E-state index contributed by atoms with van der Waals surface area (Å²) in [5.74, 6) is -1.06. The lowest BCUT2D eigenvalue weighted by Gasteiger charge is -2.07. The van der Waals surface area contributed by atoms with Gasteiger partial charge in [-0.15, -0.1) is 0 Å². The number of unbranched alkanes of at least 4 members (excludes halogenated alkanes) is 2. The van der Waals surface area contributed by atoms with Crippen molar-refractivity contribution in [3.05, 3.63) is 25.3 Å². The molecule has 0 aromatic rings. The van der Waals surface area contributed by atoms with Crippen LogP contribution < -0.4 is 0 Å². The highest BCUT2D eigenvalue weighted by Gasteiger charge is 2.10. The summed E-state index contributed by atoms with van der Waals surface area (Å²) < 4.78 is 9.45. The van der Waals surface area contributed by atoms with Gasteiger partial charge in [0.15, 0.2) is 12.2 Å². The Balaban J connectivity index is 0. The summed E-state index contributed by atoms with van der Waals surface area (Å²) in [7, 11) is 0. The first-order valence-corrected chi connectivity index (χ1v) is 7.94. The molecule has 0 radical (unpaired) electrons. The molecule has 2 atom stereocenters. The number of hydrogen-bond acceptors (Lipinski definition) is 6. The van der Waals surface area contributed by atoms with Gasteiger partial charge in [0.1, 0.15) is 12.1 Å². The van der Waals surface area contributed by atoms with E-state index in [2.05, 4.69) is 24.8 Å². The first-order valence-electron chi connectivity index (χ1n) is 7.94. The van der Waals surface area contributed by atoms with E-state index in [-0.39, 0.29) is 0 Å². The smallest absolute Gasteiger partial charge is 0.331 e. The van der Waals surface area contributed by atoms with E-state index in [4.69, 9.17) is 15.3 Å². The van der Waals surface area contributed by atoms with Crippen molar-refractivity contribution in [3.63, 3.8) is 0 Å². The van der Waals surface area contributed by atoms with Crippen LogP contribution in [0.15, 0.2) is 25.3 Å². The molecule has 6 heteroatoms. The second-order valence-electron chi connectivity index (χ2n) is 4.80. The molecule has 0 saturated heterocycles. The second-order valence-corrected chi connectivity index (χ2v) is 4.80. The summed E-state index contributed by atoms with van der Waals surface area (Å²) in [5, 5.41) is 17.0. The van der Waals surface area contributed by atoms with Gasteiger partial charge in [-0.3, -0.25) is 0 Å². The van der Waals surface area contributed by atoms with E-state index in [9.17, 15) is 9.59 Å². The van der Waals surface area contributed by atoms with Gasteiger partial charge in [0.05, 0.1) is 0 Å². The van der Waals surface area contributed by atoms with E-state index < -0.39 is 24.1 Å². The van der Waals surface area contributed by atoms with Crippen LogP contribution in [0.2, 0.25) is 0 Å². The molecule has 0 N–H and O–H groups in total. The van der Waals surface area contributed by atoms with E-state index in [1.807, 2.05) is 19.1 Å². The monoisotopic (exact) mass is 334 g/mol. The molecule has 0 aliphatic rings. The van der Waals surface area contributed by atoms with Crippen LogP contribution in [-0.4, -0.2) is 24.1 Å². The number of ether oxygens (including phenoxy) is 2. The molecular weight excluding hydrogens is 308 g/mol. The van der Waals surface area contributed by atoms with Crippen molar-refractivity contribution in [3.8, 4) is 12.1 Å². The minimum atomic E-state index is -0.620. The standard InChI is InChI=1S/C10H15NO2.C8H11NO2/c1-3-5-6-7-9(8-11)13-10(12)4-2;1-3-5-7(6-9)11-8(10)4-2/h4,9H,2-3,5-7H2,1H3;4,7H,2-3,5H2,1H3. The van der Waals surface area contributed by atoms with Crippen LogP contribution in [-0.2, 0) is 19.1 Å². The Labute approximate surface area is 144 Å². The van der Waals surface area contributed by atoms with Gasteiger partial charge in [-0.25, -0.2) is 9.59 Å². The molecule has 0 aromatic carbocycles. The summed E-state index contributed by atoms with van der Waals surface area (Å²) in [6.07, 6.45) is 5.98. The van der Waals surface area contributed by atoms with Crippen LogP contribution >= 0.6 is 0 Å². The average Bonchev–Trinajstić information content (AvgIpc) is 2.60. The highest BCUT2D eigenvalue weighted by atomic mass is 16.5. The van der Waals surface area contributed by atoms with Crippen LogP contribution in [0.25, 0.3) is 0 Å². The van der Waals surface area contributed by atoms with Gasteiger partial charge in [0.25, 0.3) is 0 Å². The minimum Gasteiger partial charge on any atom is -0.444 e. The first-order chi connectivity index (χ1) is 11.5. The zero-order valence-electron chi connectivity index (χ0n) is 14.5. The lowest BCUT2D eigenvalue weighted by atomic mass is 10.1. The van der Waals surface area contributed by atoms with Crippen molar-refractivity contribution >= 4 is 11.9 Å². The summed E-state index contributed by atoms with van der Waals surface area (Å²) in [5.41, 5.74) is 0. The molecule has 0 saturated carbocycles. The second kappa shape index (κ2) is 16.8. The van der Waals surface area contributed by atoms with E-state index in [1.54, 1.807) is 0 Å². The first kappa shape index (κ1) is 23.7. The molecule has 0 aliphatic carbocycles. The van der Waals surface area contributed by atoms with E-state index >= 15 is 0 Å². The molecule has 0 aromatic heterocycles. The van der Waals surface area contributed by atoms with Gasteiger partial charge in [0.2, 0.25) is 0 Å². The Hall–Kier alpha value is -2.60. The van der Waals surface area contributed by atoms with Crippen molar-refractivity contribution in [1.82, 2.24) is 0 Å². The topological polar surface area (TPSA) is 100 Å². The fourth-order valence-corrected chi connectivity index (χ4v) is 1.52. The molecule has 0 aliphatic heterocycles. The summed E-state index contributed by atoms with van der Waals surface area (Å²) in [4.78, 5) is 21.3. The molecule has 2 unspecified atom stereocenters. The van der Waals surface area contributed by atoms with E-state index in [1.165, 1.54) is 0 Å². The third-order valence-corrected chi connectivity index (χ3v) is 2.76. The van der Waals surface area contributed by atoms with Crippen molar-refractivity contribution < 1.29 is 19.1 Å². The van der Waals surface area contributed by atoms with E-state index in [0.29, 0.717) is 12.8 Å². The SMILES string of the molecule is C=CC(=O)OC(C#N)CCC.C=CC(=O)OC(C#N)CCCCC. The summed E-state index contributed by atoms with van der Waals surface area (Å²) in [6.45, 7) is 10.5. The molecule has 0 heterocycles. The van der Waals surface area contributed by atoms with Gasteiger partial charge in [-0.1, -0.05) is 46.3 Å². The predicted octanol–water partition coefficient (Wildman–Crippen LogP) is 3.60. The Bertz CT molecular complexity index is 474. The molecule has 24 heavy (non-hydrogen) atoms.